The van der Waals surface area contributed by atoms with Crippen molar-refractivity contribution in [2.75, 3.05) is 0 Å². The van der Waals surface area contributed by atoms with E-state index < -0.39 is 0 Å². The van der Waals surface area contributed by atoms with Gasteiger partial charge in [0.1, 0.15) is 0 Å². The molecule has 0 amide bonds. The van der Waals surface area contributed by atoms with Gasteiger partial charge in [-0.2, -0.15) is 0 Å². The molecule has 348 valence electrons. The van der Waals surface area contributed by atoms with Gasteiger partial charge < -0.3 is 37.2 Å². The minimum absolute atomic E-state index is 0. The van der Waals surface area contributed by atoms with Gasteiger partial charge in [0.05, 0.1) is 34.2 Å². The number of halogens is 3. The average molecular weight is 964 g/mol. The molecule has 0 bridgehead atoms. The van der Waals surface area contributed by atoms with Gasteiger partial charge in [0.15, 0.2) is 0 Å². The van der Waals surface area contributed by atoms with Crippen LogP contribution in [0.3, 0.4) is 0 Å². The normalized spacial score (nSPS) is 21.8. The predicted octanol–water partition coefficient (Wildman–Crippen LogP) is 8.66. The van der Waals surface area contributed by atoms with Crippen molar-refractivity contribution in [1.29, 1.82) is 0 Å². The van der Waals surface area contributed by atoms with E-state index in [2.05, 4.69) is 56.3 Å². The summed E-state index contributed by atoms with van der Waals surface area (Å²) in [4.78, 5) is 17.0. The van der Waals surface area contributed by atoms with Crippen LogP contribution in [-0.4, -0.2) is 16.4 Å². The zero-order valence-electron chi connectivity index (χ0n) is 39.6. The first-order valence-corrected chi connectivity index (χ1v) is 26.0. The summed E-state index contributed by atoms with van der Waals surface area (Å²) in [6, 6.07) is 17.4. The smallest absolute Gasteiger partial charge is 1.00 e. The summed E-state index contributed by atoms with van der Waals surface area (Å²) in [5.74, 6) is 3.97. The predicted molar refractivity (Wildman–Crippen MR) is 256 cm³/mol. The molecule has 3 aromatic rings. The van der Waals surface area contributed by atoms with Gasteiger partial charge in [-0.05, 0) is 172 Å². The molecule has 6 aliphatic rings. The molecule has 0 spiro atoms. The van der Waals surface area contributed by atoms with Crippen molar-refractivity contribution in [2.24, 2.45) is 9.98 Å². The topological polar surface area (TPSA) is 37.6 Å². The molecule has 1 aromatic heterocycles. The summed E-state index contributed by atoms with van der Waals surface area (Å²) in [7, 11) is 0. The van der Waals surface area contributed by atoms with E-state index in [0.29, 0.717) is 23.7 Å². The Morgan fingerprint density at radius 2 is 0.609 bits per heavy atom. The number of benzene rings is 2. The largest absolute Gasteiger partial charge is 3.00 e. The number of hydrogen-bond donors (Lipinski definition) is 0. The fourth-order valence-electron chi connectivity index (χ4n) is 13.2. The average Bonchev–Trinajstić information content (AvgIpc) is 3.33. The Bertz CT molecular complexity index is 1740. The van der Waals surface area contributed by atoms with E-state index in [1.807, 2.05) is 0 Å². The Balaban J connectivity index is 0.00000193. The van der Waals surface area contributed by atoms with Crippen LogP contribution in [0.2, 0.25) is 0 Å². The Hall–Kier alpha value is -1.62. The van der Waals surface area contributed by atoms with E-state index in [1.165, 1.54) is 204 Å². The molecular weight excluding hydrogens is 884 g/mol. The van der Waals surface area contributed by atoms with E-state index in [1.54, 1.807) is 33.4 Å². The number of pyridine rings is 1. The Labute approximate surface area is 420 Å². The molecule has 0 atom stereocenters. The number of aliphatic imine (C=N–C) groups is 2. The van der Waals surface area contributed by atoms with E-state index >= 15 is 0 Å². The number of hydrogen-bond acceptors (Lipinski definition) is 3. The second-order valence-corrected chi connectivity index (χ2v) is 20.9. The summed E-state index contributed by atoms with van der Waals surface area (Å²) in [5, 5.41) is 0. The molecule has 0 N–H and O–H groups in total. The van der Waals surface area contributed by atoms with Crippen molar-refractivity contribution in [2.45, 2.75) is 242 Å². The van der Waals surface area contributed by atoms with Gasteiger partial charge >= 0.3 is 18.6 Å². The van der Waals surface area contributed by atoms with Crippen molar-refractivity contribution in [3.8, 4) is 0 Å². The Morgan fingerprint density at radius 1 is 0.375 bits per heavy atom. The van der Waals surface area contributed by atoms with Crippen molar-refractivity contribution < 1.29 is 55.8 Å². The van der Waals surface area contributed by atoms with Crippen molar-refractivity contribution in [3.05, 3.63) is 87.2 Å². The first-order chi connectivity index (χ1) is 29.6. The second-order valence-electron chi connectivity index (χ2n) is 20.9. The fourth-order valence-corrected chi connectivity index (χ4v) is 13.2. The summed E-state index contributed by atoms with van der Waals surface area (Å²) >= 11 is 0. The van der Waals surface area contributed by atoms with Gasteiger partial charge in [0.2, 0.25) is 0 Å². The van der Waals surface area contributed by atoms with Gasteiger partial charge in [-0.15, -0.1) is 0 Å². The van der Waals surface area contributed by atoms with Crippen molar-refractivity contribution in [1.82, 2.24) is 4.98 Å². The van der Waals surface area contributed by atoms with Crippen LogP contribution in [0.25, 0.3) is 0 Å². The maximum atomic E-state index is 5.77. The van der Waals surface area contributed by atoms with Crippen LogP contribution >= 0.6 is 0 Å². The van der Waals surface area contributed by atoms with E-state index in [9.17, 15) is 0 Å². The monoisotopic (exact) mass is 961 g/mol. The standard InChI is InChI=1S/C57H79N3.3ClH.V/c1-40(58-56-50(44-26-13-5-14-27-44)36-48(42-22-9-3-10-23-42)37-51(56)45-28-15-6-16-29-45)54-34-21-35-55(60-54)41(2)59-57-52(46-30-17-7-18-31-46)38-49(43-24-11-4-12-25-43)39-53(57)47-32-19-8-20-33-47;;;;/h21,34-39,42-47H,3-20,22-33H2,1-2H3;3*1H;/q;;;;+3/p-3. The van der Waals surface area contributed by atoms with Crippen molar-refractivity contribution >= 4 is 22.8 Å². The number of aromatic nitrogens is 1. The molecule has 3 nitrogen and oxygen atoms in total. The van der Waals surface area contributed by atoms with Crippen LogP contribution in [0.1, 0.15) is 287 Å². The zero-order chi connectivity index (χ0) is 40.7. The Morgan fingerprint density at radius 3 is 0.859 bits per heavy atom. The maximum Gasteiger partial charge on any atom is 3.00 e. The number of nitrogens with zero attached hydrogens (tertiary/aromatic N) is 3. The second kappa shape index (κ2) is 26.2. The van der Waals surface area contributed by atoms with Crippen LogP contribution in [0.4, 0.5) is 11.4 Å². The zero-order valence-corrected chi connectivity index (χ0v) is 43.3. The molecule has 2 aromatic carbocycles. The SMILES string of the molecule is CC(=Nc1c(C2CCCCC2)cc(C2CCCCC2)cc1C1CCCCC1)c1cccc(C(C)=Nc2c(C3CCCCC3)cc(C3CCCCC3)cc2C2CCCCC2)n1.[Cl-].[Cl-].[Cl-].[V+3]. The molecular formula is C57H79Cl3N3V. The summed E-state index contributed by atoms with van der Waals surface area (Å²) in [6.07, 6.45) is 40.8. The first kappa shape index (κ1) is 53.3. The molecule has 1 heterocycles. The molecule has 6 saturated carbocycles. The quantitative estimate of drug-likeness (QED) is 0.188. The fraction of sp³-hybridized carbons (Fsp3) is 0.667. The van der Waals surface area contributed by atoms with Gasteiger partial charge in [-0.25, -0.2) is 4.98 Å². The molecule has 0 radical (unpaired) electrons. The van der Waals surface area contributed by atoms with Gasteiger partial charge in [0, 0.05) is 0 Å². The van der Waals surface area contributed by atoms with E-state index in [0.717, 1.165) is 34.6 Å². The minimum atomic E-state index is 0. The van der Waals surface area contributed by atoms with Crippen LogP contribution in [-0.2, 0) is 18.6 Å². The van der Waals surface area contributed by atoms with Gasteiger partial charge in [0.25, 0.3) is 0 Å². The van der Waals surface area contributed by atoms with Crippen LogP contribution in [0.5, 0.6) is 0 Å². The molecule has 7 heteroatoms. The van der Waals surface area contributed by atoms with Crippen LogP contribution < -0.4 is 37.2 Å². The third-order valence-electron chi connectivity index (χ3n) is 16.8. The summed E-state index contributed by atoms with van der Waals surface area (Å²) in [6.45, 7) is 4.49. The van der Waals surface area contributed by atoms with Crippen LogP contribution in [0.15, 0.2) is 52.4 Å². The molecule has 0 aliphatic heterocycles. The maximum absolute atomic E-state index is 5.77. The summed E-state index contributed by atoms with van der Waals surface area (Å²) in [5.41, 5.74) is 16.4. The third-order valence-corrected chi connectivity index (χ3v) is 16.8. The van der Waals surface area contributed by atoms with Gasteiger partial charge in [-0.1, -0.05) is 146 Å². The van der Waals surface area contributed by atoms with Crippen LogP contribution in [0, 0.1) is 0 Å². The first-order valence-electron chi connectivity index (χ1n) is 26.0. The third kappa shape index (κ3) is 12.9. The van der Waals surface area contributed by atoms with Crippen molar-refractivity contribution in [3.63, 3.8) is 0 Å². The van der Waals surface area contributed by atoms with E-state index in [-0.39, 0.29) is 55.8 Å². The molecule has 0 saturated heterocycles. The minimum Gasteiger partial charge on any atom is -1.00 e. The molecule has 0 unspecified atom stereocenters. The molecule has 6 aliphatic carbocycles. The summed E-state index contributed by atoms with van der Waals surface area (Å²) < 4.78 is 0. The van der Waals surface area contributed by atoms with E-state index in [4.69, 9.17) is 15.0 Å². The van der Waals surface area contributed by atoms with Gasteiger partial charge in [-0.3, -0.25) is 9.98 Å². The molecule has 9 rings (SSSR count). The Kier molecular flexibility index (Phi) is 21.9. The number of rotatable bonds is 10. The molecule has 64 heavy (non-hydrogen) atoms. The molecule has 6 fully saturated rings.